The van der Waals surface area contributed by atoms with Gasteiger partial charge in [-0.25, -0.2) is 13.1 Å². The third-order valence-corrected chi connectivity index (χ3v) is 4.28. The molecular weight excluding hydrogens is 280 g/mol. The highest BCUT2D eigenvalue weighted by Crippen LogP contribution is 2.13. The Morgan fingerprint density at radius 2 is 2.20 bits per heavy atom. The topological polar surface area (TPSA) is 93.8 Å². The molecule has 2 heterocycles. The van der Waals surface area contributed by atoms with Crippen LogP contribution in [0.1, 0.15) is 5.69 Å². The predicted octanol–water partition coefficient (Wildman–Crippen LogP) is -0.685. The Hall–Kier alpha value is -1.71. The minimum Gasteiger partial charge on any atom is -0.352 e. The molecule has 0 aromatic carbocycles. The third-order valence-electron chi connectivity index (χ3n) is 2.86. The first-order valence-corrected chi connectivity index (χ1v) is 7.65. The Morgan fingerprint density at radius 1 is 1.40 bits per heavy atom. The Kier molecular flexibility index (Phi) is 4.53. The Labute approximate surface area is 117 Å². The SMILES string of the molecule is CNCc1cc(S(=O)(=O)NCCn2ccnn2)cn1C. The second-order valence-electron chi connectivity index (χ2n) is 4.37. The molecule has 0 aliphatic heterocycles. The van der Waals surface area contributed by atoms with Crippen LogP contribution in [0.2, 0.25) is 0 Å². The third kappa shape index (κ3) is 3.44. The van der Waals surface area contributed by atoms with Crippen LogP contribution in [0.15, 0.2) is 29.6 Å². The van der Waals surface area contributed by atoms with E-state index in [0.717, 1.165) is 5.69 Å². The fourth-order valence-electron chi connectivity index (χ4n) is 1.81. The molecule has 2 rings (SSSR count). The molecule has 2 aromatic rings. The van der Waals surface area contributed by atoms with Gasteiger partial charge >= 0.3 is 0 Å². The van der Waals surface area contributed by atoms with Crippen molar-refractivity contribution < 1.29 is 8.42 Å². The maximum absolute atomic E-state index is 12.1. The highest BCUT2D eigenvalue weighted by Gasteiger charge is 2.16. The largest absolute Gasteiger partial charge is 0.352 e. The van der Waals surface area contributed by atoms with Crippen LogP contribution in [0.5, 0.6) is 0 Å². The maximum atomic E-state index is 12.1. The summed E-state index contributed by atoms with van der Waals surface area (Å²) in [5.41, 5.74) is 0.907. The van der Waals surface area contributed by atoms with Crippen LogP contribution in [-0.4, -0.2) is 41.6 Å². The van der Waals surface area contributed by atoms with Crippen molar-refractivity contribution in [1.29, 1.82) is 0 Å². The van der Waals surface area contributed by atoms with E-state index in [1.807, 2.05) is 14.1 Å². The molecule has 0 aliphatic rings. The Balaban J connectivity index is 2.00. The molecule has 0 bridgehead atoms. The predicted molar refractivity (Wildman–Crippen MR) is 73.4 cm³/mol. The van der Waals surface area contributed by atoms with Gasteiger partial charge in [0.2, 0.25) is 10.0 Å². The molecule has 0 fully saturated rings. The van der Waals surface area contributed by atoms with E-state index in [9.17, 15) is 8.42 Å². The summed E-state index contributed by atoms with van der Waals surface area (Å²) >= 11 is 0. The van der Waals surface area contributed by atoms with E-state index in [1.54, 1.807) is 33.9 Å². The van der Waals surface area contributed by atoms with Crippen molar-refractivity contribution in [3.8, 4) is 0 Å². The zero-order valence-corrected chi connectivity index (χ0v) is 12.3. The molecule has 0 unspecified atom stereocenters. The van der Waals surface area contributed by atoms with Gasteiger partial charge in [0.15, 0.2) is 0 Å². The Bertz CT molecular complexity index is 647. The van der Waals surface area contributed by atoms with E-state index in [0.29, 0.717) is 13.1 Å². The summed E-state index contributed by atoms with van der Waals surface area (Å²) in [5, 5.41) is 10.4. The Morgan fingerprint density at radius 3 is 2.85 bits per heavy atom. The van der Waals surface area contributed by atoms with Crippen molar-refractivity contribution in [1.82, 2.24) is 29.6 Å². The highest BCUT2D eigenvalue weighted by molar-refractivity contribution is 7.89. The van der Waals surface area contributed by atoms with Gasteiger partial charge in [-0.15, -0.1) is 5.10 Å². The van der Waals surface area contributed by atoms with Gasteiger partial charge in [-0.2, -0.15) is 0 Å². The van der Waals surface area contributed by atoms with Crippen LogP contribution in [0, 0.1) is 0 Å². The minimum atomic E-state index is -3.49. The maximum Gasteiger partial charge on any atom is 0.242 e. The zero-order valence-electron chi connectivity index (χ0n) is 11.4. The van der Waals surface area contributed by atoms with Crippen LogP contribution in [0.25, 0.3) is 0 Å². The van der Waals surface area contributed by atoms with Crippen molar-refractivity contribution in [2.24, 2.45) is 7.05 Å². The average molecular weight is 298 g/mol. The number of nitrogens with one attached hydrogen (secondary N) is 2. The molecule has 0 radical (unpaired) electrons. The summed E-state index contributed by atoms with van der Waals surface area (Å²) in [5.74, 6) is 0. The van der Waals surface area contributed by atoms with Crippen molar-refractivity contribution in [2.45, 2.75) is 18.0 Å². The van der Waals surface area contributed by atoms with Crippen LogP contribution in [0.3, 0.4) is 0 Å². The lowest BCUT2D eigenvalue weighted by molar-refractivity contribution is 0.553. The number of aryl methyl sites for hydroxylation is 1. The molecule has 20 heavy (non-hydrogen) atoms. The van der Waals surface area contributed by atoms with E-state index >= 15 is 0 Å². The zero-order chi connectivity index (χ0) is 14.6. The first-order valence-electron chi connectivity index (χ1n) is 6.16. The molecule has 2 N–H and O–H groups in total. The lowest BCUT2D eigenvalue weighted by Crippen LogP contribution is -2.27. The van der Waals surface area contributed by atoms with Crippen molar-refractivity contribution in [3.05, 3.63) is 30.4 Å². The lowest BCUT2D eigenvalue weighted by atomic mass is 10.4. The second kappa shape index (κ2) is 6.16. The summed E-state index contributed by atoms with van der Waals surface area (Å²) in [6, 6.07) is 1.66. The molecule has 110 valence electrons. The first kappa shape index (κ1) is 14.7. The number of aromatic nitrogens is 4. The van der Waals surface area contributed by atoms with Crippen LogP contribution in [0.4, 0.5) is 0 Å². The van der Waals surface area contributed by atoms with Gasteiger partial charge in [-0.05, 0) is 13.1 Å². The van der Waals surface area contributed by atoms with Gasteiger partial charge in [0.1, 0.15) is 0 Å². The van der Waals surface area contributed by atoms with Crippen LogP contribution >= 0.6 is 0 Å². The van der Waals surface area contributed by atoms with E-state index < -0.39 is 10.0 Å². The molecule has 0 saturated carbocycles. The van der Waals surface area contributed by atoms with Crippen molar-refractivity contribution in [2.75, 3.05) is 13.6 Å². The van der Waals surface area contributed by atoms with Gasteiger partial charge in [0.05, 0.1) is 17.6 Å². The quantitative estimate of drug-likeness (QED) is 0.706. The number of sulfonamides is 1. The fourth-order valence-corrected chi connectivity index (χ4v) is 2.93. The van der Waals surface area contributed by atoms with Crippen LogP contribution in [-0.2, 0) is 30.2 Å². The summed E-state index contributed by atoms with van der Waals surface area (Å²) in [7, 11) is 0.144. The normalized spacial score (nSPS) is 11.9. The molecule has 8 nitrogen and oxygen atoms in total. The number of rotatable bonds is 7. The molecule has 9 heteroatoms. The average Bonchev–Trinajstić information content (AvgIpc) is 3.01. The van der Waals surface area contributed by atoms with Gasteiger partial charge in [0, 0.05) is 38.2 Å². The summed E-state index contributed by atoms with van der Waals surface area (Å²) in [6.07, 6.45) is 4.84. The van der Waals surface area contributed by atoms with Crippen molar-refractivity contribution >= 4 is 10.0 Å². The number of hydrogen-bond acceptors (Lipinski definition) is 5. The van der Waals surface area contributed by atoms with E-state index in [2.05, 4.69) is 20.4 Å². The minimum absolute atomic E-state index is 0.266. The molecule has 0 saturated heterocycles. The standard InChI is InChI=1S/C11H18N6O2S/c1-12-8-10-7-11(9-16(10)2)20(18,19)14-4-6-17-5-3-13-15-17/h3,5,7,9,12,14H,4,6,8H2,1-2H3. The van der Waals surface area contributed by atoms with Gasteiger partial charge < -0.3 is 9.88 Å². The van der Waals surface area contributed by atoms with E-state index in [4.69, 9.17) is 0 Å². The monoisotopic (exact) mass is 298 g/mol. The van der Waals surface area contributed by atoms with Gasteiger partial charge in [-0.3, -0.25) is 4.68 Å². The first-order chi connectivity index (χ1) is 9.53. The van der Waals surface area contributed by atoms with Crippen LogP contribution < -0.4 is 10.0 Å². The number of hydrogen-bond donors (Lipinski definition) is 2. The summed E-state index contributed by atoms with van der Waals surface area (Å²) < 4.78 is 30.2. The van der Waals surface area contributed by atoms with Gasteiger partial charge in [0.25, 0.3) is 0 Å². The number of nitrogens with zero attached hydrogens (tertiary/aromatic N) is 4. The highest BCUT2D eigenvalue weighted by atomic mass is 32.2. The summed E-state index contributed by atoms with van der Waals surface area (Å²) in [6.45, 7) is 1.32. The molecule has 0 aliphatic carbocycles. The summed E-state index contributed by atoms with van der Waals surface area (Å²) in [4.78, 5) is 0.267. The van der Waals surface area contributed by atoms with Crippen molar-refractivity contribution in [3.63, 3.8) is 0 Å². The molecule has 0 atom stereocenters. The molecule has 0 amide bonds. The smallest absolute Gasteiger partial charge is 0.242 e. The lowest BCUT2D eigenvalue weighted by Gasteiger charge is -2.04. The van der Waals surface area contributed by atoms with Gasteiger partial charge in [-0.1, -0.05) is 5.21 Å². The molecule has 2 aromatic heterocycles. The van der Waals surface area contributed by atoms with E-state index in [-0.39, 0.29) is 11.4 Å². The fraction of sp³-hybridized carbons (Fsp3) is 0.455. The molecular formula is C11H18N6O2S. The van der Waals surface area contributed by atoms with E-state index in [1.165, 1.54) is 0 Å². The second-order valence-corrected chi connectivity index (χ2v) is 6.14. The molecule has 0 spiro atoms.